The van der Waals surface area contributed by atoms with Gasteiger partial charge in [-0.25, -0.2) is 38.7 Å². The van der Waals surface area contributed by atoms with E-state index in [9.17, 15) is 23.2 Å². The highest BCUT2D eigenvalue weighted by Gasteiger charge is 2.49. The highest BCUT2D eigenvalue weighted by atomic mass is 19.1. The molecule has 6 aliphatic rings. The minimum atomic E-state index is -0.190. The molecule has 6 heterocycles. The molecule has 3 N–H and O–H groups in total. The number of aryl methyl sites for hydroxylation is 2. The molecule has 14 rings (SSSR count). The van der Waals surface area contributed by atoms with E-state index < -0.39 is 0 Å². The number of nitrogens with zero attached hydrogens (tertiary/aromatic N) is 10. The molecule has 8 aromatic rings. The van der Waals surface area contributed by atoms with Crippen LogP contribution < -0.4 is 32.0 Å². The number of aldehydes is 1. The van der Waals surface area contributed by atoms with Crippen LogP contribution in [0.5, 0.6) is 0 Å². The zero-order valence-corrected chi connectivity index (χ0v) is 45.3. The van der Waals surface area contributed by atoms with E-state index >= 15 is 0 Å². The van der Waals surface area contributed by atoms with Crippen molar-refractivity contribution in [3.8, 4) is 34.2 Å². The second kappa shape index (κ2) is 24.1. The Morgan fingerprint density at radius 1 is 0.585 bits per heavy atom. The first-order valence-electron chi connectivity index (χ1n) is 28.5. The summed E-state index contributed by atoms with van der Waals surface area (Å²) in [6.07, 6.45) is 23.7. The topological polar surface area (TPSA) is 183 Å². The van der Waals surface area contributed by atoms with Gasteiger partial charge in [0.1, 0.15) is 17.9 Å². The zero-order valence-electron chi connectivity index (χ0n) is 45.3. The third kappa shape index (κ3) is 12.4. The van der Waals surface area contributed by atoms with E-state index in [1.165, 1.54) is 73.9 Å². The van der Waals surface area contributed by atoms with E-state index in [-0.39, 0.29) is 30.2 Å². The monoisotopic (exact) mass is 1100 g/mol. The predicted octanol–water partition coefficient (Wildman–Crippen LogP) is 9.98. The smallest absolute Gasteiger partial charge is 0.298 e. The summed E-state index contributed by atoms with van der Waals surface area (Å²) >= 11 is 0. The number of carbonyl (C=O) groups excluding carboxylic acids is 1. The van der Waals surface area contributed by atoms with E-state index in [4.69, 9.17) is 10.7 Å². The summed E-state index contributed by atoms with van der Waals surface area (Å²) < 4.78 is 29.1. The van der Waals surface area contributed by atoms with E-state index in [0.29, 0.717) is 70.9 Å². The Hall–Kier alpha value is -8.15. The number of aromatic nitrogens is 8. The lowest BCUT2D eigenvalue weighted by Crippen LogP contribution is -2.61. The normalized spacial score (nSPS) is 20.0. The van der Waals surface area contributed by atoms with Gasteiger partial charge in [-0.05, 0) is 160 Å². The number of hydrogen-bond acceptors (Lipinski definition) is 13. The van der Waals surface area contributed by atoms with Gasteiger partial charge in [-0.3, -0.25) is 18.7 Å². The fourth-order valence-corrected chi connectivity index (χ4v) is 11.9. The Morgan fingerprint density at radius 2 is 1.01 bits per heavy atom. The molecule has 0 radical (unpaired) electrons. The van der Waals surface area contributed by atoms with Crippen LogP contribution in [0.1, 0.15) is 106 Å². The summed E-state index contributed by atoms with van der Waals surface area (Å²) in [4.78, 5) is 68.8. The van der Waals surface area contributed by atoms with Crippen LogP contribution in [0.3, 0.4) is 0 Å². The summed E-state index contributed by atoms with van der Waals surface area (Å²) in [6, 6.07) is 33.2. The van der Waals surface area contributed by atoms with Gasteiger partial charge in [-0.2, -0.15) is 0 Å². The van der Waals surface area contributed by atoms with Crippen molar-refractivity contribution in [1.29, 1.82) is 0 Å². The molecule has 6 fully saturated rings. The standard InChI is InChI=1S/C32H33FN6O.C23H23N5O2.C9H10FN.CH4/c33-24-9-5-22(6-10-24)27-18-28(27)34-15-1-4-25-19-39(26-11-7-23(8-12-26)29-35-16-3-17-36-29)31(40)30(37-25)38-20-32(21-38)13-2-14-32;29-13-1-4-18-14-28(19-7-5-17(6-8-19)20-24-11-3-12-25-20)22(30)21(26-18)27-15-23(16-27)9-2-10-23;10-7-3-1-6(2-4-7)8-5-9(8)11;/h3,5-12,16-17,19,27-28,34H,1-2,4,13-15,18,20-21H2;3,5-8,11-14H,1-2,4,9-10,15-16H2;1-4,8-9H,5,11H2;1H4/t27-,28+;;8-,9+;/m0.0./s1. The second-order valence-corrected chi connectivity index (χ2v) is 22.9. The van der Waals surface area contributed by atoms with Crippen molar-refractivity contribution in [3.63, 3.8) is 0 Å². The Bertz CT molecular complexity index is 3580. The van der Waals surface area contributed by atoms with Gasteiger partial charge in [0.05, 0.1) is 11.4 Å². The van der Waals surface area contributed by atoms with E-state index in [0.717, 1.165) is 98.6 Å². The van der Waals surface area contributed by atoms with Crippen molar-refractivity contribution in [3.05, 3.63) is 201 Å². The predicted molar refractivity (Wildman–Crippen MR) is 315 cm³/mol. The number of carbonyl (C=O) groups is 1. The van der Waals surface area contributed by atoms with Gasteiger partial charge in [-0.15, -0.1) is 0 Å². The lowest BCUT2D eigenvalue weighted by atomic mass is 9.63. The Morgan fingerprint density at radius 3 is 1.41 bits per heavy atom. The maximum Gasteiger partial charge on any atom is 0.298 e. The fraction of sp³-hybridized carbons (Fsp3) is 0.369. The van der Waals surface area contributed by atoms with Gasteiger partial charge in [-0.1, -0.05) is 44.5 Å². The minimum Gasteiger partial charge on any atom is -0.351 e. The molecule has 15 nitrogen and oxygen atoms in total. The zero-order chi connectivity index (χ0) is 55.5. The molecular formula is C65H70F2N12O3. The number of hydrogen-bond donors (Lipinski definition) is 2. The number of rotatable bonds is 16. The maximum absolute atomic E-state index is 13.6. The van der Waals surface area contributed by atoms with Crippen molar-refractivity contribution in [2.45, 2.75) is 108 Å². The number of anilines is 2. The van der Waals surface area contributed by atoms with Crippen LogP contribution in [0.2, 0.25) is 0 Å². The highest BCUT2D eigenvalue weighted by molar-refractivity contribution is 5.59. The number of benzene rings is 4. The molecule has 4 saturated carbocycles. The van der Waals surface area contributed by atoms with Crippen molar-refractivity contribution in [2.75, 3.05) is 42.5 Å². The molecule has 0 amide bonds. The number of nitrogens with two attached hydrogens (primary N) is 1. The summed E-state index contributed by atoms with van der Waals surface area (Å²) in [7, 11) is 0. The second-order valence-electron chi connectivity index (χ2n) is 22.9. The molecule has 4 aromatic carbocycles. The molecule has 2 aliphatic heterocycles. The molecule has 0 bridgehead atoms. The number of nitrogens with one attached hydrogen (secondary N) is 1. The van der Waals surface area contributed by atoms with Gasteiger partial charge >= 0.3 is 0 Å². The van der Waals surface area contributed by atoms with E-state index in [2.05, 4.69) is 40.0 Å². The Balaban J connectivity index is 0.000000147. The Kier molecular flexibility index (Phi) is 16.4. The van der Waals surface area contributed by atoms with Crippen LogP contribution in [0.4, 0.5) is 20.4 Å². The molecule has 0 unspecified atom stereocenters. The van der Waals surface area contributed by atoms with E-state index in [1.807, 2.05) is 79.0 Å². The maximum atomic E-state index is 13.6. The number of halogens is 2. The van der Waals surface area contributed by atoms with Crippen molar-refractivity contribution >= 4 is 17.9 Å². The van der Waals surface area contributed by atoms with Crippen LogP contribution in [0.15, 0.2) is 156 Å². The van der Waals surface area contributed by atoms with Gasteiger partial charge in [0, 0.05) is 127 Å². The summed E-state index contributed by atoms with van der Waals surface area (Å²) in [5, 5.41) is 3.64. The van der Waals surface area contributed by atoms with Gasteiger partial charge in [0.15, 0.2) is 23.3 Å². The highest BCUT2D eigenvalue weighted by Crippen LogP contribution is 2.50. The van der Waals surface area contributed by atoms with Gasteiger partial charge in [0.2, 0.25) is 0 Å². The quantitative estimate of drug-likeness (QED) is 0.0689. The van der Waals surface area contributed by atoms with Crippen LogP contribution >= 0.6 is 0 Å². The van der Waals surface area contributed by atoms with Crippen LogP contribution in [0.25, 0.3) is 34.2 Å². The molecule has 4 aliphatic carbocycles. The fourth-order valence-electron chi connectivity index (χ4n) is 11.9. The summed E-state index contributed by atoms with van der Waals surface area (Å²) in [6.45, 7) is 4.53. The lowest BCUT2D eigenvalue weighted by molar-refractivity contribution is -0.107. The first-order valence-corrected chi connectivity index (χ1v) is 28.5. The van der Waals surface area contributed by atoms with Crippen molar-refractivity contribution in [2.24, 2.45) is 16.6 Å². The van der Waals surface area contributed by atoms with Crippen molar-refractivity contribution < 1.29 is 13.6 Å². The largest absolute Gasteiger partial charge is 0.351 e. The summed E-state index contributed by atoms with van der Waals surface area (Å²) in [5.74, 6) is 2.94. The third-order valence-electron chi connectivity index (χ3n) is 17.1. The lowest BCUT2D eigenvalue weighted by Gasteiger charge is -2.56. The molecule has 2 spiro atoms. The Labute approximate surface area is 476 Å². The molecule has 17 heteroatoms. The summed E-state index contributed by atoms with van der Waals surface area (Å²) in [5.41, 5.74) is 13.7. The van der Waals surface area contributed by atoms with Crippen LogP contribution in [-0.4, -0.2) is 90.1 Å². The molecule has 2 saturated heterocycles. The van der Waals surface area contributed by atoms with Gasteiger partial charge in [0.25, 0.3) is 11.1 Å². The third-order valence-corrected chi connectivity index (χ3v) is 17.1. The average Bonchev–Trinajstić information content (AvgIpc) is 4.58. The molecular weight excluding hydrogens is 1030 g/mol. The first-order chi connectivity index (χ1) is 39.5. The molecule has 422 valence electrons. The SMILES string of the molecule is C.N[C@@H]1C[C@H]1c1ccc(F)cc1.O=CCCc1cn(-c2ccc(-c3ncccn3)cc2)c(=O)c(N2CC3(CCC3)C2)n1.O=c1c(N2CC3(CCC3)C2)nc(CCCN[C@@H]2C[C@H]2c2ccc(F)cc2)cn1-c1ccc(-c2ncccn2)cc1. The van der Waals surface area contributed by atoms with Gasteiger partial charge < -0.3 is 25.6 Å². The van der Waals surface area contributed by atoms with Crippen LogP contribution in [0, 0.1) is 22.5 Å². The molecule has 82 heavy (non-hydrogen) atoms. The molecule has 4 atom stereocenters. The first kappa shape index (κ1) is 55.7. The molecule has 4 aromatic heterocycles. The van der Waals surface area contributed by atoms with E-state index in [1.54, 1.807) is 52.3 Å². The van der Waals surface area contributed by atoms with Crippen molar-refractivity contribution in [1.82, 2.24) is 44.4 Å². The minimum absolute atomic E-state index is 0. The van der Waals surface area contributed by atoms with Crippen LogP contribution in [-0.2, 0) is 17.6 Å². The average molecular weight is 1110 g/mol.